The van der Waals surface area contributed by atoms with E-state index in [9.17, 15) is 0 Å². The van der Waals surface area contributed by atoms with Crippen LogP contribution in [0.3, 0.4) is 0 Å². The van der Waals surface area contributed by atoms with Gasteiger partial charge in [0.1, 0.15) is 0 Å². The zero-order valence-electron chi connectivity index (χ0n) is 18.8. The Balaban J connectivity index is 1.92. The van der Waals surface area contributed by atoms with Crippen LogP contribution in [0.25, 0.3) is 0 Å². The van der Waals surface area contributed by atoms with Gasteiger partial charge in [0.25, 0.3) is 0 Å². The van der Waals surface area contributed by atoms with Crippen LogP contribution in [-0.4, -0.2) is 49.6 Å². The van der Waals surface area contributed by atoms with Crippen molar-refractivity contribution in [1.82, 2.24) is 9.78 Å². The Morgan fingerprint density at radius 3 is 2.19 bits per heavy atom. The highest BCUT2D eigenvalue weighted by Gasteiger charge is 2.53. The summed E-state index contributed by atoms with van der Waals surface area (Å²) >= 11 is 0. The molecule has 1 aromatic rings. The minimum atomic E-state index is -1.71. The molecule has 1 aliphatic heterocycles. The fourth-order valence-electron chi connectivity index (χ4n) is 2.50. The van der Waals surface area contributed by atoms with E-state index in [4.69, 9.17) is 18.5 Å². The van der Waals surface area contributed by atoms with Gasteiger partial charge in [0.2, 0.25) is 5.88 Å². The van der Waals surface area contributed by atoms with Crippen molar-refractivity contribution in [3.8, 4) is 5.88 Å². The predicted octanol–water partition coefficient (Wildman–Crippen LogP) is 3.51. The molecule has 2 rings (SSSR count). The van der Waals surface area contributed by atoms with Crippen molar-refractivity contribution in [1.29, 1.82) is 0 Å². The van der Waals surface area contributed by atoms with Gasteiger partial charge < -0.3 is 18.5 Å². The number of ether oxygens (including phenoxy) is 1. The van der Waals surface area contributed by atoms with Crippen molar-refractivity contribution in [3.05, 3.63) is 6.20 Å². The topological polar surface area (TPSA) is 54.7 Å². The summed E-state index contributed by atoms with van der Waals surface area (Å²) in [4.78, 5) is 0. The minimum Gasteiger partial charge on any atom is -0.477 e. The van der Waals surface area contributed by atoms with Crippen molar-refractivity contribution >= 4 is 20.9 Å². The van der Waals surface area contributed by atoms with Gasteiger partial charge in [-0.25, -0.2) is 0 Å². The van der Waals surface area contributed by atoms with Crippen molar-refractivity contribution in [2.75, 3.05) is 13.2 Å². The monoisotopic (exact) mass is 396 g/mol. The average Bonchev–Trinajstić information content (AvgIpc) is 2.94. The third kappa shape index (κ3) is 4.97. The van der Waals surface area contributed by atoms with E-state index in [1.807, 2.05) is 40.9 Å². The van der Waals surface area contributed by atoms with Crippen LogP contribution in [0.4, 0.5) is 0 Å². The van der Waals surface area contributed by atoms with Crippen LogP contribution in [-0.2, 0) is 20.8 Å². The lowest BCUT2D eigenvalue weighted by Gasteiger charge is -2.36. The molecule has 0 amide bonds. The van der Waals surface area contributed by atoms with Crippen LogP contribution in [0.1, 0.15) is 54.9 Å². The summed E-state index contributed by atoms with van der Waals surface area (Å²) in [7, 11) is -0.303. The van der Waals surface area contributed by atoms with Crippen LogP contribution in [0.2, 0.25) is 18.1 Å². The molecule has 1 fully saturated rings. The smallest absolute Gasteiger partial charge is 0.477 e. The maximum atomic E-state index is 6.21. The Kier molecular flexibility index (Phi) is 6.27. The van der Waals surface area contributed by atoms with Gasteiger partial charge in [0.15, 0.2) is 8.32 Å². The first kappa shape index (κ1) is 22.5. The molecule has 0 unspecified atom stereocenters. The maximum Gasteiger partial charge on any atom is 0.502 e. The number of aromatic nitrogens is 2. The zero-order valence-corrected chi connectivity index (χ0v) is 19.8. The van der Waals surface area contributed by atoms with E-state index in [2.05, 4.69) is 39.0 Å². The second kappa shape index (κ2) is 7.54. The van der Waals surface area contributed by atoms with Gasteiger partial charge >= 0.3 is 7.12 Å². The first-order chi connectivity index (χ1) is 12.2. The Morgan fingerprint density at radius 2 is 1.67 bits per heavy atom. The second-order valence-corrected chi connectivity index (χ2v) is 14.8. The molecule has 1 aliphatic rings. The normalized spacial score (nSPS) is 19.6. The lowest BCUT2D eigenvalue weighted by atomic mass is 9.81. The standard InChI is InChI=1S/C19H37BN2O4Si/c1-17(2,3)27(9,10)24-13-11-12-23-16-15(14-22(8)21-16)20-25-18(4,5)19(6,7)26-20/h14H,11-13H2,1-10H3. The molecule has 0 aromatic carbocycles. The van der Waals surface area contributed by atoms with Crippen LogP contribution in [0.15, 0.2) is 6.20 Å². The molecule has 0 atom stereocenters. The highest BCUT2D eigenvalue weighted by Crippen LogP contribution is 2.37. The van der Waals surface area contributed by atoms with E-state index < -0.39 is 15.4 Å². The molecular weight excluding hydrogens is 359 g/mol. The Labute approximate surface area is 166 Å². The largest absolute Gasteiger partial charge is 0.502 e. The first-order valence-corrected chi connectivity index (χ1v) is 12.7. The molecule has 8 heteroatoms. The highest BCUT2D eigenvalue weighted by molar-refractivity contribution is 6.74. The quantitative estimate of drug-likeness (QED) is 0.522. The molecule has 0 spiro atoms. The maximum absolute atomic E-state index is 6.21. The second-order valence-electron chi connectivity index (χ2n) is 9.96. The van der Waals surface area contributed by atoms with Crippen molar-refractivity contribution < 1.29 is 18.5 Å². The van der Waals surface area contributed by atoms with E-state index in [0.717, 1.165) is 11.9 Å². The molecule has 1 aromatic heterocycles. The van der Waals surface area contributed by atoms with Crippen molar-refractivity contribution in [3.63, 3.8) is 0 Å². The van der Waals surface area contributed by atoms with Gasteiger partial charge in [-0.2, -0.15) is 0 Å². The third-order valence-corrected chi connectivity index (χ3v) is 10.7. The molecule has 2 heterocycles. The number of nitrogens with zero attached hydrogens (tertiary/aromatic N) is 2. The SMILES string of the molecule is Cn1cc(B2OC(C)(C)C(C)(C)O2)c(OCCCO[Si](C)(C)C(C)(C)C)n1. The average molecular weight is 396 g/mol. The van der Waals surface area contributed by atoms with E-state index in [1.54, 1.807) is 4.68 Å². The van der Waals surface area contributed by atoms with E-state index in [1.165, 1.54) is 0 Å². The summed E-state index contributed by atoms with van der Waals surface area (Å²) in [6.45, 7) is 20.7. The van der Waals surface area contributed by atoms with E-state index in [0.29, 0.717) is 19.1 Å². The first-order valence-electron chi connectivity index (χ1n) is 9.82. The number of hydrogen-bond acceptors (Lipinski definition) is 5. The zero-order chi connectivity index (χ0) is 20.7. The number of hydrogen-bond donors (Lipinski definition) is 0. The molecular formula is C19H37BN2O4Si. The van der Waals surface area contributed by atoms with Gasteiger partial charge in [0, 0.05) is 26.3 Å². The molecule has 0 aliphatic carbocycles. The lowest BCUT2D eigenvalue weighted by Crippen LogP contribution is -2.41. The van der Waals surface area contributed by atoms with Crippen molar-refractivity contribution in [2.24, 2.45) is 7.05 Å². The lowest BCUT2D eigenvalue weighted by molar-refractivity contribution is 0.00578. The molecule has 0 saturated carbocycles. The summed E-state index contributed by atoms with van der Waals surface area (Å²) in [6.07, 6.45) is 2.73. The third-order valence-electron chi connectivity index (χ3n) is 6.13. The highest BCUT2D eigenvalue weighted by atomic mass is 28.4. The van der Waals surface area contributed by atoms with E-state index >= 15 is 0 Å². The summed E-state index contributed by atoms with van der Waals surface area (Å²) in [5.41, 5.74) is 0.0605. The fraction of sp³-hybridized carbons (Fsp3) is 0.842. The summed E-state index contributed by atoms with van der Waals surface area (Å²) < 4.78 is 26.2. The minimum absolute atomic E-state index is 0.221. The molecule has 0 radical (unpaired) electrons. The molecule has 154 valence electrons. The van der Waals surface area contributed by atoms with Crippen LogP contribution in [0, 0.1) is 0 Å². The Morgan fingerprint density at radius 1 is 1.11 bits per heavy atom. The van der Waals surface area contributed by atoms with Crippen LogP contribution >= 0.6 is 0 Å². The summed E-state index contributed by atoms with van der Waals surface area (Å²) in [5.74, 6) is 0.573. The van der Waals surface area contributed by atoms with Crippen molar-refractivity contribution in [2.45, 2.75) is 84.2 Å². The van der Waals surface area contributed by atoms with Gasteiger partial charge in [0.05, 0.1) is 23.3 Å². The summed E-state index contributed by atoms with van der Waals surface area (Å²) in [5, 5.41) is 4.66. The molecule has 1 saturated heterocycles. The molecule has 0 N–H and O–H groups in total. The number of rotatable bonds is 7. The fourth-order valence-corrected chi connectivity index (χ4v) is 3.59. The number of aryl methyl sites for hydroxylation is 1. The predicted molar refractivity (Wildman–Crippen MR) is 112 cm³/mol. The van der Waals surface area contributed by atoms with Crippen LogP contribution in [0.5, 0.6) is 5.88 Å². The Bertz CT molecular complexity index is 637. The van der Waals surface area contributed by atoms with Gasteiger partial charge in [-0.1, -0.05) is 20.8 Å². The molecule has 27 heavy (non-hydrogen) atoms. The van der Waals surface area contributed by atoms with Gasteiger partial charge in [-0.05, 0) is 45.8 Å². The van der Waals surface area contributed by atoms with E-state index in [-0.39, 0.29) is 16.2 Å². The van der Waals surface area contributed by atoms with Gasteiger partial charge in [-0.3, -0.25) is 4.68 Å². The summed E-state index contributed by atoms with van der Waals surface area (Å²) in [6, 6.07) is 0. The van der Waals surface area contributed by atoms with Gasteiger partial charge in [-0.15, -0.1) is 5.10 Å². The van der Waals surface area contributed by atoms with Crippen LogP contribution < -0.4 is 10.2 Å². The molecule has 0 bridgehead atoms. The Hall–Kier alpha value is -0.828. The molecule has 6 nitrogen and oxygen atoms in total.